The quantitative estimate of drug-likeness (QED) is 0.559. The van der Waals surface area contributed by atoms with Crippen LogP contribution in [0.2, 0.25) is 0 Å². The molecule has 0 spiro atoms. The van der Waals surface area contributed by atoms with Gasteiger partial charge in [0.25, 0.3) is 0 Å². The van der Waals surface area contributed by atoms with Gasteiger partial charge in [-0.15, -0.1) is 0 Å². The van der Waals surface area contributed by atoms with Gasteiger partial charge in [-0.3, -0.25) is 0 Å². The number of methoxy groups -OCH3 is 1. The Labute approximate surface area is 205 Å². The van der Waals surface area contributed by atoms with Crippen molar-refractivity contribution in [3.05, 3.63) is 40.5 Å². The summed E-state index contributed by atoms with van der Waals surface area (Å²) in [6.45, 7) is 11.6. The van der Waals surface area contributed by atoms with Crippen LogP contribution in [0.15, 0.2) is 18.2 Å². The molecule has 188 valence electrons. The largest absolute Gasteiger partial charge is 0.396 e. The molecule has 0 heterocycles. The third kappa shape index (κ3) is 2.80. The van der Waals surface area contributed by atoms with E-state index in [1.54, 1.807) is 0 Å². The molecule has 2 saturated carbocycles. The van der Waals surface area contributed by atoms with E-state index in [0.29, 0.717) is 12.3 Å². The highest BCUT2D eigenvalue weighted by molar-refractivity contribution is 5.79. The standard InChI is InChI=1S/C30H44O4/c1-18-7-8-20-22(34-6)15-29(5)21(26(20)19(18)2)9-10-23-27(3)13-12-25(33)30(16-31,17-32)24(27)11-14-28(23,29)4/h7-9,22-25,31-33H,10-17H2,1-6H3/t22-,23+,24+,25-,27+,28+,29+/m0/s1. The second-order valence-corrected chi connectivity index (χ2v) is 12.8. The molecule has 1 aromatic rings. The predicted octanol–water partition coefficient (Wildman–Crippen LogP) is 5.35. The maximum Gasteiger partial charge on any atom is 0.0835 e. The van der Waals surface area contributed by atoms with Gasteiger partial charge in [-0.05, 0) is 103 Å². The van der Waals surface area contributed by atoms with Crippen LogP contribution < -0.4 is 0 Å². The maximum atomic E-state index is 11.0. The van der Waals surface area contributed by atoms with E-state index in [1.807, 2.05) is 7.11 Å². The van der Waals surface area contributed by atoms with Gasteiger partial charge in [0.15, 0.2) is 0 Å². The number of hydrogen-bond donors (Lipinski definition) is 3. The van der Waals surface area contributed by atoms with Gasteiger partial charge >= 0.3 is 0 Å². The summed E-state index contributed by atoms with van der Waals surface area (Å²) in [5, 5.41) is 31.9. The van der Waals surface area contributed by atoms with E-state index < -0.39 is 11.5 Å². The first kappa shape index (κ1) is 24.5. The lowest BCUT2D eigenvalue weighted by Gasteiger charge is -2.69. The van der Waals surface area contributed by atoms with Gasteiger partial charge in [0.05, 0.1) is 25.4 Å². The van der Waals surface area contributed by atoms with E-state index in [2.05, 4.69) is 52.8 Å². The van der Waals surface area contributed by atoms with Crippen molar-refractivity contribution in [1.82, 2.24) is 0 Å². The number of benzene rings is 1. The lowest BCUT2D eigenvalue weighted by Crippen LogP contribution is -2.65. The number of ether oxygens (including phenoxy) is 1. The van der Waals surface area contributed by atoms with Gasteiger partial charge < -0.3 is 20.1 Å². The monoisotopic (exact) mass is 468 g/mol. The molecule has 4 aliphatic carbocycles. The fraction of sp³-hybridized carbons (Fsp3) is 0.733. The highest BCUT2D eigenvalue weighted by atomic mass is 16.5. The molecule has 0 bridgehead atoms. The van der Waals surface area contributed by atoms with E-state index in [0.717, 1.165) is 32.1 Å². The molecule has 4 nitrogen and oxygen atoms in total. The van der Waals surface area contributed by atoms with E-state index in [1.165, 1.54) is 27.8 Å². The van der Waals surface area contributed by atoms with Crippen molar-refractivity contribution in [3.63, 3.8) is 0 Å². The normalized spacial score (nSPS) is 42.7. The van der Waals surface area contributed by atoms with Crippen molar-refractivity contribution in [2.45, 2.75) is 85.4 Å². The number of hydrogen-bond acceptors (Lipinski definition) is 4. The highest BCUT2D eigenvalue weighted by Crippen LogP contribution is 2.74. The lowest BCUT2D eigenvalue weighted by atomic mass is 9.35. The summed E-state index contributed by atoms with van der Waals surface area (Å²) in [7, 11) is 1.85. The second kappa shape index (κ2) is 7.90. The zero-order valence-corrected chi connectivity index (χ0v) is 21.9. The van der Waals surface area contributed by atoms with Crippen LogP contribution in [0, 0.1) is 47.3 Å². The van der Waals surface area contributed by atoms with Crippen LogP contribution in [0.4, 0.5) is 0 Å². The second-order valence-electron chi connectivity index (χ2n) is 12.8. The Morgan fingerprint density at radius 1 is 1.00 bits per heavy atom. The van der Waals surface area contributed by atoms with Crippen LogP contribution in [-0.2, 0) is 4.74 Å². The van der Waals surface area contributed by atoms with Crippen molar-refractivity contribution in [2.75, 3.05) is 20.3 Å². The van der Waals surface area contributed by atoms with Crippen LogP contribution in [0.3, 0.4) is 0 Å². The van der Waals surface area contributed by atoms with Gasteiger partial charge in [-0.25, -0.2) is 0 Å². The van der Waals surface area contributed by atoms with Gasteiger partial charge in [0.1, 0.15) is 0 Å². The number of aliphatic hydroxyl groups is 3. The first-order valence-electron chi connectivity index (χ1n) is 13.3. The topological polar surface area (TPSA) is 69.9 Å². The number of allylic oxidation sites excluding steroid dienone is 2. The Hall–Kier alpha value is -1.20. The van der Waals surface area contributed by atoms with Gasteiger partial charge in [-0.1, -0.05) is 39.0 Å². The van der Waals surface area contributed by atoms with Crippen LogP contribution >= 0.6 is 0 Å². The van der Waals surface area contributed by atoms with Crippen molar-refractivity contribution in [2.24, 2.45) is 33.5 Å². The van der Waals surface area contributed by atoms with Gasteiger partial charge in [-0.2, -0.15) is 0 Å². The average molecular weight is 469 g/mol. The van der Waals surface area contributed by atoms with Crippen molar-refractivity contribution < 1.29 is 20.1 Å². The summed E-state index contributed by atoms with van der Waals surface area (Å²) in [5.74, 6) is 0.551. The minimum atomic E-state index is -0.804. The summed E-state index contributed by atoms with van der Waals surface area (Å²) < 4.78 is 6.14. The highest BCUT2D eigenvalue weighted by Gasteiger charge is 2.68. The van der Waals surface area contributed by atoms with Crippen molar-refractivity contribution in [1.29, 1.82) is 0 Å². The van der Waals surface area contributed by atoms with Crippen LogP contribution in [-0.4, -0.2) is 41.7 Å². The Balaban J connectivity index is 1.67. The third-order valence-corrected chi connectivity index (χ3v) is 11.9. The molecular weight excluding hydrogens is 424 g/mol. The zero-order valence-electron chi connectivity index (χ0n) is 21.9. The fourth-order valence-corrected chi connectivity index (χ4v) is 9.49. The minimum Gasteiger partial charge on any atom is -0.396 e. The zero-order chi connectivity index (χ0) is 24.7. The smallest absolute Gasteiger partial charge is 0.0835 e. The molecule has 0 unspecified atom stereocenters. The summed E-state index contributed by atoms with van der Waals surface area (Å²) in [4.78, 5) is 0. The Morgan fingerprint density at radius 3 is 2.35 bits per heavy atom. The first-order valence-corrected chi connectivity index (χ1v) is 13.3. The molecule has 0 aliphatic heterocycles. The van der Waals surface area contributed by atoms with Gasteiger partial charge in [0.2, 0.25) is 0 Å². The predicted molar refractivity (Wildman–Crippen MR) is 135 cm³/mol. The van der Waals surface area contributed by atoms with Crippen LogP contribution in [0.25, 0.3) is 5.57 Å². The maximum absolute atomic E-state index is 11.0. The van der Waals surface area contributed by atoms with Crippen molar-refractivity contribution >= 4 is 5.57 Å². The number of fused-ring (bicyclic) bond motifs is 7. The number of aryl methyl sites for hydroxylation is 1. The van der Waals surface area contributed by atoms with Gasteiger partial charge in [0, 0.05) is 17.9 Å². The molecule has 34 heavy (non-hydrogen) atoms. The molecule has 4 heteroatoms. The molecule has 0 aromatic heterocycles. The molecule has 1 aromatic carbocycles. The first-order chi connectivity index (χ1) is 16.0. The molecular formula is C30H44O4. The summed E-state index contributed by atoms with van der Waals surface area (Å²) in [6.07, 6.45) is 7.53. The van der Waals surface area contributed by atoms with E-state index >= 15 is 0 Å². The molecule has 5 rings (SSSR count). The van der Waals surface area contributed by atoms with E-state index in [4.69, 9.17) is 4.74 Å². The SMILES string of the molecule is CO[C@H]1C[C@]2(C)C(=CC[C@@H]3[C@@]4(C)CC[C@H](O)C(CO)(CO)[C@@H]4CC[C@]32C)c2c1ccc(C)c2C. The molecule has 0 radical (unpaired) electrons. The Morgan fingerprint density at radius 2 is 1.71 bits per heavy atom. The summed E-state index contributed by atoms with van der Waals surface area (Å²) >= 11 is 0. The molecule has 3 N–H and O–H groups in total. The lowest BCUT2D eigenvalue weighted by molar-refractivity contribution is -0.224. The van der Waals surface area contributed by atoms with E-state index in [-0.39, 0.29) is 41.5 Å². The number of aliphatic hydroxyl groups excluding tert-OH is 3. The fourth-order valence-electron chi connectivity index (χ4n) is 9.49. The van der Waals surface area contributed by atoms with Crippen molar-refractivity contribution in [3.8, 4) is 0 Å². The van der Waals surface area contributed by atoms with Crippen LogP contribution in [0.1, 0.15) is 87.7 Å². The molecule has 0 amide bonds. The Kier molecular flexibility index (Phi) is 5.69. The molecule has 4 aliphatic rings. The molecule has 0 saturated heterocycles. The third-order valence-electron chi connectivity index (χ3n) is 11.9. The Bertz CT molecular complexity index is 1010. The summed E-state index contributed by atoms with van der Waals surface area (Å²) in [6, 6.07) is 4.51. The summed E-state index contributed by atoms with van der Waals surface area (Å²) in [5.41, 5.74) is 6.17. The molecule has 2 fully saturated rings. The minimum absolute atomic E-state index is 0.0206. The van der Waals surface area contributed by atoms with E-state index in [9.17, 15) is 15.3 Å². The molecule has 7 atom stereocenters. The van der Waals surface area contributed by atoms with Crippen LogP contribution in [0.5, 0.6) is 0 Å². The average Bonchev–Trinajstić information content (AvgIpc) is 2.82. The number of rotatable bonds is 3.